The number of hydrogen-bond donors (Lipinski definition) is 2. The molecule has 2 aromatic rings. The lowest BCUT2D eigenvalue weighted by atomic mass is 10.0. The molecule has 2 atom stereocenters. The Balaban J connectivity index is 2.00. The number of rotatable bonds is 3. The quantitative estimate of drug-likeness (QED) is 0.533. The van der Waals surface area contributed by atoms with Gasteiger partial charge in [-0.15, -0.1) is 11.3 Å². The fraction of sp³-hybridized carbons (Fsp3) is 0.353. The number of nitrogens with zero attached hydrogens (tertiary/aromatic N) is 2. The van der Waals surface area contributed by atoms with Crippen molar-refractivity contribution in [2.45, 2.75) is 25.2 Å². The molecule has 30 heavy (non-hydrogen) atoms. The number of aromatic nitrogens is 1. The zero-order valence-corrected chi connectivity index (χ0v) is 16.8. The van der Waals surface area contributed by atoms with Crippen molar-refractivity contribution in [3.63, 3.8) is 0 Å². The molecule has 2 unspecified atom stereocenters. The van der Waals surface area contributed by atoms with E-state index in [-0.39, 0.29) is 34.9 Å². The summed E-state index contributed by atoms with van der Waals surface area (Å²) in [6.45, 7) is 1.78. The van der Waals surface area contributed by atoms with E-state index in [1.165, 1.54) is 6.92 Å². The second-order valence-corrected chi connectivity index (χ2v) is 7.81. The lowest BCUT2D eigenvalue weighted by Gasteiger charge is -2.34. The molecule has 0 radical (unpaired) electrons. The van der Waals surface area contributed by atoms with Crippen LogP contribution in [0.4, 0.5) is 26.7 Å². The van der Waals surface area contributed by atoms with Crippen LogP contribution in [0.25, 0.3) is 0 Å². The van der Waals surface area contributed by atoms with Crippen LogP contribution in [-0.2, 0) is 11.0 Å². The summed E-state index contributed by atoms with van der Waals surface area (Å²) >= 11 is 5.80. The van der Waals surface area contributed by atoms with Gasteiger partial charge in [-0.2, -0.15) is 13.2 Å². The first-order valence-electron chi connectivity index (χ1n) is 8.52. The van der Waals surface area contributed by atoms with E-state index in [0.717, 1.165) is 23.2 Å². The highest BCUT2D eigenvalue weighted by Gasteiger charge is 2.37. The molecule has 0 saturated carbocycles. The van der Waals surface area contributed by atoms with Crippen LogP contribution in [0.15, 0.2) is 18.3 Å². The van der Waals surface area contributed by atoms with Crippen LogP contribution in [0.5, 0.6) is 0 Å². The zero-order chi connectivity index (χ0) is 22.2. The van der Waals surface area contributed by atoms with Gasteiger partial charge in [0.2, 0.25) is 5.91 Å². The maximum absolute atomic E-state index is 14.6. The highest BCUT2D eigenvalue weighted by atomic mass is 35.5. The number of nitrogens with one attached hydrogen (secondary N) is 2. The van der Waals surface area contributed by atoms with E-state index in [9.17, 15) is 31.5 Å². The monoisotopic (exact) mass is 468 g/mol. The molecular weight excluding hydrogens is 455 g/mol. The summed E-state index contributed by atoms with van der Waals surface area (Å²) in [5.41, 5.74) is -0.346. The van der Waals surface area contributed by atoms with Gasteiger partial charge in [0.1, 0.15) is 22.7 Å². The molecule has 2 N–H and O–H groups in total. The minimum atomic E-state index is -4.74. The van der Waals surface area contributed by atoms with E-state index in [1.807, 2.05) is 0 Å². The van der Waals surface area contributed by atoms with Gasteiger partial charge in [0.25, 0.3) is 0 Å². The van der Waals surface area contributed by atoms with E-state index >= 15 is 0 Å². The first-order valence-corrected chi connectivity index (χ1v) is 9.71. The third-order valence-electron chi connectivity index (χ3n) is 4.45. The first kappa shape index (κ1) is 22.2. The Hall–Kier alpha value is -2.47. The molecule has 1 saturated heterocycles. The molecule has 3 rings (SSSR count). The molecule has 0 aliphatic carbocycles. The van der Waals surface area contributed by atoms with Gasteiger partial charge in [0.05, 0.1) is 10.9 Å². The molecule has 0 spiro atoms. The molecular formula is C17H14ClF5N4O2S. The maximum atomic E-state index is 14.6. The fourth-order valence-electron chi connectivity index (χ4n) is 2.88. The van der Waals surface area contributed by atoms with Crippen molar-refractivity contribution in [2.75, 3.05) is 13.1 Å². The van der Waals surface area contributed by atoms with Crippen molar-refractivity contribution >= 4 is 34.9 Å². The van der Waals surface area contributed by atoms with Crippen molar-refractivity contribution in [3.8, 4) is 0 Å². The van der Waals surface area contributed by atoms with Crippen LogP contribution in [0.3, 0.4) is 0 Å². The molecule has 1 aromatic carbocycles. The summed E-state index contributed by atoms with van der Waals surface area (Å²) in [5.74, 6) is -2.71. The lowest BCUT2D eigenvalue weighted by Crippen LogP contribution is -2.58. The number of alkyl halides is 3. The van der Waals surface area contributed by atoms with E-state index in [2.05, 4.69) is 15.6 Å². The molecule has 1 aliphatic rings. The molecule has 2 heterocycles. The molecule has 1 aromatic heterocycles. The van der Waals surface area contributed by atoms with Gasteiger partial charge in [0, 0.05) is 24.8 Å². The summed E-state index contributed by atoms with van der Waals surface area (Å²) in [6.07, 6.45) is -3.89. The van der Waals surface area contributed by atoms with Gasteiger partial charge in [-0.05, 0) is 13.0 Å². The lowest BCUT2D eigenvalue weighted by molar-refractivity contribution is -0.137. The van der Waals surface area contributed by atoms with Crippen molar-refractivity contribution < 1.29 is 31.5 Å². The molecule has 6 nitrogen and oxygen atoms in total. The molecule has 3 amide bonds. The van der Waals surface area contributed by atoms with Crippen LogP contribution >= 0.6 is 22.9 Å². The minimum Gasteiger partial charge on any atom is -0.353 e. The molecule has 162 valence electrons. The van der Waals surface area contributed by atoms with Gasteiger partial charge in [-0.3, -0.25) is 4.79 Å². The van der Waals surface area contributed by atoms with Gasteiger partial charge < -0.3 is 15.5 Å². The Kier molecular flexibility index (Phi) is 6.18. The van der Waals surface area contributed by atoms with Crippen molar-refractivity contribution in [1.29, 1.82) is 0 Å². The largest absolute Gasteiger partial charge is 0.443 e. The Morgan fingerprint density at radius 3 is 2.73 bits per heavy atom. The molecule has 0 bridgehead atoms. The third kappa shape index (κ3) is 4.33. The molecule has 1 aliphatic heterocycles. The number of carbonyl (C=O) groups excluding carboxylic acids is 2. The minimum absolute atomic E-state index is 0.134. The fourth-order valence-corrected chi connectivity index (χ4v) is 3.91. The highest BCUT2D eigenvalue weighted by Crippen LogP contribution is 2.37. The number of urea groups is 1. The highest BCUT2D eigenvalue weighted by molar-refractivity contribution is 7.11. The van der Waals surface area contributed by atoms with Gasteiger partial charge in [-0.1, -0.05) is 17.7 Å². The maximum Gasteiger partial charge on any atom is 0.443 e. The number of piperazine rings is 1. The summed E-state index contributed by atoms with van der Waals surface area (Å²) in [5, 5.41) is 2.91. The van der Waals surface area contributed by atoms with Gasteiger partial charge in [-0.25, -0.2) is 18.6 Å². The Morgan fingerprint density at radius 1 is 1.40 bits per heavy atom. The second-order valence-electron chi connectivity index (χ2n) is 6.37. The number of hydrogen-bond acceptors (Lipinski definition) is 4. The summed E-state index contributed by atoms with van der Waals surface area (Å²) in [7, 11) is 0. The predicted molar refractivity (Wildman–Crippen MR) is 98.0 cm³/mol. The van der Waals surface area contributed by atoms with Crippen LogP contribution in [0, 0.1) is 11.6 Å². The third-order valence-corrected chi connectivity index (χ3v) is 5.91. The van der Waals surface area contributed by atoms with E-state index in [1.54, 1.807) is 0 Å². The van der Waals surface area contributed by atoms with E-state index < -0.39 is 51.9 Å². The zero-order valence-electron chi connectivity index (χ0n) is 15.2. The van der Waals surface area contributed by atoms with Crippen molar-refractivity contribution in [1.82, 2.24) is 20.5 Å². The first-order chi connectivity index (χ1) is 14.0. The average Bonchev–Trinajstić information content (AvgIpc) is 3.17. The Morgan fingerprint density at radius 2 is 2.10 bits per heavy atom. The van der Waals surface area contributed by atoms with Crippen LogP contribution < -0.4 is 10.6 Å². The van der Waals surface area contributed by atoms with Gasteiger partial charge >= 0.3 is 12.2 Å². The van der Waals surface area contributed by atoms with E-state index in [0.29, 0.717) is 0 Å². The number of carbonyl (C=O) groups is 2. The molecule has 13 heteroatoms. The second kappa shape index (κ2) is 8.34. The Labute approximate surface area is 176 Å². The van der Waals surface area contributed by atoms with Crippen LogP contribution in [-0.4, -0.2) is 41.0 Å². The van der Waals surface area contributed by atoms with Gasteiger partial charge in [0.15, 0.2) is 5.01 Å². The number of halogens is 6. The van der Waals surface area contributed by atoms with Crippen molar-refractivity contribution in [3.05, 3.63) is 50.4 Å². The molecule has 1 fully saturated rings. The normalized spacial score (nSPS) is 18.2. The van der Waals surface area contributed by atoms with E-state index in [4.69, 9.17) is 11.6 Å². The SMILES string of the molecule is CC1C(=O)NCCN1C(=O)NC(c1cnc(C(F)(F)F)s1)c1ccc(F)c(Cl)c1F. The average molecular weight is 469 g/mol. The smallest absolute Gasteiger partial charge is 0.353 e. The standard InChI is InChI=1S/C17H14ClF5N4O2S/c1-7-14(28)24-4-5-27(7)16(29)26-13(8-2-3-9(19)11(18)12(8)20)10-6-25-15(30-10)17(21,22)23/h2-3,6-7,13H,4-5H2,1H3,(H,24,28)(H,26,29). The number of thiazole rings is 1. The van der Waals surface area contributed by atoms with Crippen LogP contribution in [0.1, 0.15) is 28.4 Å². The number of amides is 3. The topological polar surface area (TPSA) is 74.3 Å². The summed E-state index contributed by atoms with van der Waals surface area (Å²) < 4.78 is 67.1. The number of benzene rings is 1. The van der Waals surface area contributed by atoms with Crippen molar-refractivity contribution in [2.24, 2.45) is 0 Å². The summed E-state index contributed by atoms with van der Waals surface area (Å²) in [6, 6.07) is -1.30. The predicted octanol–water partition coefficient (Wildman–Crippen LogP) is 3.71. The van der Waals surface area contributed by atoms with Crippen LogP contribution in [0.2, 0.25) is 5.02 Å². The Bertz CT molecular complexity index is 984. The summed E-state index contributed by atoms with van der Waals surface area (Å²) in [4.78, 5) is 28.8.